The van der Waals surface area contributed by atoms with Crippen LogP contribution in [0, 0.1) is 0 Å². The van der Waals surface area contributed by atoms with Crippen molar-refractivity contribution in [1.82, 2.24) is 14.7 Å². The van der Waals surface area contributed by atoms with Gasteiger partial charge in [-0.1, -0.05) is 0 Å². The molecule has 2 aromatic heterocycles. The lowest BCUT2D eigenvalue weighted by atomic mass is 9.81. The Bertz CT molecular complexity index is 715. The van der Waals surface area contributed by atoms with Gasteiger partial charge in [-0.05, 0) is 56.2 Å². The fourth-order valence-electron chi connectivity index (χ4n) is 3.20. The van der Waals surface area contributed by atoms with Crippen LogP contribution in [0.25, 0.3) is 11.0 Å². The largest absolute Gasteiger partial charge is 0.346 e. The molecule has 0 radical (unpaired) electrons. The molecular weight excluding hydrogens is 286 g/mol. The first-order chi connectivity index (χ1) is 10.1. The van der Waals surface area contributed by atoms with Crippen molar-refractivity contribution in [2.24, 2.45) is 0 Å². The molecule has 21 heavy (non-hydrogen) atoms. The van der Waals surface area contributed by atoms with Gasteiger partial charge in [0.05, 0.1) is 5.75 Å². The minimum absolute atomic E-state index is 0.0924. The maximum atomic E-state index is 11.6. The summed E-state index contributed by atoms with van der Waals surface area (Å²) in [4.78, 5) is 7.47. The monoisotopic (exact) mass is 307 g/mol. The molecule has 0 unspecified atom stereocenters. The normalized spacial score (nSPS) is 23.5. The number of pyridine rings is 1. The van der Waals surface area contributed by atoms with E-state index in [2.05, 4.69) is 26.8 Å². The number of nitrogens with one attached hydrogen (secondary N) is 2. The molecule has 6 heteroatoms. The van der Waals surface area contributed by atoms with Gasteiger partial charge in [-0.2, -0.15) is 0 Å². The van der Waals surface area contributed by atoms with Crippen LogP contribution in [0.1, 0.15) is 44.1 Å². The number of fused-ring (bicyclic) bond motifs is 1. The molecule has 1 aliphatic carbocycles. The van der Waals surface area contributed by atoms with Gasteiger partial charge < -0.3 is 4.98 Å². The maximum absolute atomic E-state index is 11.6. The van der Waals surface area contributed by atoms with Gasteiger partial charge in [0.1, 0.15) is 5.65 Å². The third kappa shape index (κ3) is 3.11. The second-order valence-corrected chi connectivity index (χ2v) is 7.75. The van der Waals surface area contributed by atoms with Crippen LogP contribution in [0.5, 0.6) is 0 Å². The fourth-order valence-corrected chi connectivity index (χ4v) is 4.11. The van der Waals surface area contributed by atoms with Gasteiger partial charge in [0, 0.05) is 23.8 Å². The molecule has 0 aromatic carbocycles. The minimum atomic E-state index is -3.09. The lowest BCUT2D eigenvalue weighted by molar-refractivity contribution is 0.375. The number of nitrogens with zero attached hydrogens (tertiary/aromatic N) is 1. The molecule has 0 amide bonds. The molecule has 1 aliphatic rings. The quantitative estimate of drug-likeness (QED) is 0.911. The Morgan fingerprint density at radius 2 is 2.05 bits per heavy atom. The van der Waals surface area contributed by atoms with Crippen LogP contribution in [0.4, 0.5) is 0 Å². The van der Waals surface area contributed by atoms with E-state index in [-0.39, 0.29) is 11.8 Å². The number of aromatic nitrogens is 2. The van der Waals surface area contributed by atoms with E-state index in [1.54, 1.807) is 6.92 Å². The first kappa shape index (κ1) is 14.5. The van der Waals surface area contributed by atoms with Crippen LogP contribution in [0.3, 0.4) is 0 Å². The van der Waals surface area contributed by atoms with Crippen molar-refractivity contribution in [2.45, 2.75) is 44.6 Å². The highest BCUT2D eigenvalue weighted by molar-refractivity contribution is 7.89. The second-order valence-electron chi connectivity index (χ2n) is 5.71. The van der Waals surface area contributed by atoms with Crippen molar-refractivity contribution in [3.63, 3.8) is 0 Å². The van der Waals surface area contributed by atoms with Gasteiger partial charge >= 0.3 is 0 Å². The van der Waals surface area contributed by atoms with Crippen LogP contribution in [0.2, 0.25) is 0 Å². The molecule has 2 heterocycles. The number of hydrogen-bond donors (Lipinski definition) is 2. The molecule has 1 saturated carbocycles. The van der Waals surface area contributed by atoms with Crippen molar-refractivity contribution in [3.8, 4) is 0 Å². The van der Waals surface area contributed by atoms with Gasteiger partial charge in [0.2, 0.25) is 10.0 Å². The molecule has 0 atom stereocenters. The highest BCUT2D eigenvalue weighted by atomic mass is 32.2. The van der Waals surface area contributed by atoms with Gasteiger partial charge in [0.25, 0.3) is 0 Å². The Morgan fingerprint density at radius 3 is 2.76 bits per heavy atom. The summed E-state index contributed by atoms with van der Waals surface area (Å²) in [6.07, 6.45) is 7.60. The standard InChI is InChI=1S/C15H21N3O2S/c1-2-21(19,20)18-12-5-3-11(4-6-12)13-7-9-16-15-14(13)8-10-17-15/h7-12,18H,2-6H2,1H3,(H,16,17). The summed E-state index contributed by atoms with van der Waals surface area (Å²) in [7, 11) is -3.09. The zero-order valence-electron chi connectivity index (χ0n) is 12.2. The number of sulfonamides is 1. The van der Waals surface area contributed by atoms with Crippen molar-refractivity contribution in [1.29, 1.82) is 0 Å². The van der Waals surface area contributed by atoms with E-state index >= 15 is 0 Å². The topological polar surface area (TPSA) is 74.8 Å². The molecule has 3 rings (SSSR count). The van der Waals surface area contributed by atoms with Gasteiger partial charge in [-0.15, -0.1) is 0 Å². The summed E-state index contributed by atoms with van der Waals surface area (Å²) in [5.74, 6) is 0.648. The molecule has 5 nitrogen and oxygen atoms in total. The lowest BCUT2D eigenvalue weighted by Gasteiger charge is -2.29. The van der Waals surface area contributed by atoms with Crippen molar-refractivity contribution in [2.75, 3.05) is 5.75 Å². The van der Waals surface area contributed by atoms with E-state index in [0.29, 0.717) is 5.92 Å². The van der Waals surface area contributed by atoms with E-state index < -0.39 is 10.0 Å². The average molecular weight is 307 g/mol. The molecule has 0 aliphatic heterocycles. The Labute approximate surface area is 125 Å². The van der Waals surface area contributed by atoms with Crippen molar-refractivity contribution >= 4 is 21.1 Å². The fraction of sp³-hybridized carbons (Fsp3) is 0.533. The van der Waals surface area contributed by atoms with Gasteiger partial charge in [0.15, 0.2) is 0 Å². The predicted octanol–water partition coefficient (Wildman–Crippen LogP) is 2.53. The number of rotatable bonds is 4. The van der Waals surface area contributed by atoms with Crippen LogP contribution in [0.15, 0.2) is 24.5 Å². The summed E-state index contributed by atoms with van der Waals surface area (Å²) in [6.45, 7) is 1.67. The van der Waals surface area contributed by atoms with E-state index in [1.165, 1.54) is 10.9 Å². The smallest absolute Gasteiger partial charge is 0.211 e. The molecule has 1 fully saturated rings. The highest BCUT2D eigenvalue weighted by Crippen LogP contribution is 2.35. The number of aromatic amines is 1. The average Bonchev–Trinajstić information content (AvgIpc) is 2.96. The van der Waals surface area contributed by atoms with Crippen molar-refractivity contribution < 1.29 is 8.42 Å². The maximum Gasteiger partial charge on any atom is 0.211 e. The van der Waals surface area contributed by atoms with Crippen molar-refractivity contribution in [3.05, 3.63) is 30.1 Å². The molecule has 2 aromatic rings. The second kappa shape index (κ2) is 5.77. The first-order valence-corrected chi connectivity index (χ1v) is 9.16. The molecule has 0 saturated heterocycles. The van der Waals surface area contributed by atoms with Crippen LogP contribution in [-0.4, -0.2) is 30.2 Å². The van der Waals surface area contributed by atoms with E-state index in [9.17, 15) is 8.42 Å². The van der Waals surface area contributed by atoms with Gasteiger partial charge in [-0.25, -0.2) is 18.1 Å². The van der Waals surface area contributed by atoms with E-state index in [4.69, 9.17) is 0 Å². The van der Waals surface area contributed by atoms with Crippen LogP contribution in [-0.2, 0) is 10.0 Å². The highest BCUT2D eigenvalue weighted by Gasteiger charge is 2.26. The zero-order valence-corrected chi connectivity index (χ0v) is 13.0. The van der Waals surface area contributed by atoms with Crippen LogP contribution >= 0.6 is 0 Å². The third-order valence-corrected chi connectivity index (χ3v) is 5.84. The Balaban J connectivity index is 1.70. The van der Waals surface area contributed by atoms with Gasteiger partial charge in [-0.3, -0.25) is 0 Å². The summed E-state index contributed by atoms with van der Waals surface area (Å²) < 4.78 is 26.1. The summed E-state index contributed by atoms with van der Waals surface area (Å²) in [5.41, 5.74) is 2.26. The Hall–Kier alpha value is -1.40. The van der Waals surface area contributed by atoms with Crippen LogP contribution < -0.4 is 4.72 Å². The summed E-state index contributed by atoms with van der Waals surface area (Å²) in [6, 6.07) is 4.26. The Morgan fingerprint density at radius 1 is 1.29 bits per heavy atom. The minimum Gasteiger partial charge on any atom is -0.346 e. The SMILES string of the molecule is CCS(=O)(=O)NC1CCC(c2ccnc3[nH]ccc23)CC1. The van der Waals surface area contributed by atoms with E-state index in [0.717, 1.165) is 31.3 Å². The lowest BCUT2D eigenvalue weighted by Crippen LogP contribution is -2.38. The third-order valence-electron chi connectivity index (χ3n) is 4.39. The first-order valence-electron chi connectivity index (χ1n) is 7.51. The number of H-pyrrole nitrogens is 1. The zero-order chi connectivity index (χ0) is 14.9. The molecule has 0 bridgehead atoms. The molecule has 0 spiro atoms. The Kier molecular flexibility index (Phi) is 3.99. The summed E-state index contributed by atoms with van der Waals surface area (Å²) >= 11 is 0. The number of hydrogen-bond acceptors (Lipinski definition) is 3. The summed E-state index contributed by atoms with van der Waals surface area (Å²) in [5, 5.41) is 1.19. The predicted molar refractivity (Wildman–Crippen MR) is 83.7 cm³/mol. The van der Waals surface area contributed by atoms with E-state index in [1.807, 2.05) is 12.4 Å². The molecule has 114 valence electrons. The molecule has 2 N–H and O–H groups in total. The molecular formula is C15H21N3O2S.